The van der Waals surface area contributed by atoms with Crippen molar-refractivity contribution in [1.29, 1.82) is 0 Å². The van der Waals surface area contributed by atoms with Crippen LogP contribution in [-0.2, 0) is 5.92 Å². The number of halogens is 4. The van der Waals surface area contributed by atoms with Crippen LogP contribution in [-0.4, -0.2) is 17.0 Å². The van der Waals surface area contributed by atoms with Crippen LogP contribution in [0, 0.1) is 5.82 Å². The molecule has 0 aliphatic rings. The van der Waals surface area contributed by atoms with E-state index in [9.17, 15) is 22.8 Å². The van der Waals surface area contributed by atoms with Gasteiger partial charge in [-0.05, 0) is 54.6 Å². The summed E-state index contributed by atoms with van der Waals surface area (Å²) >= 11 is 5.95. The Morgan fingerprint density at radius 3 is 2.26 bits per heavy atom. The largest absolute Gasteiger partial charge is 0.478 e. The number of carbonyl (C=O) groups excluding carboxylic acids is 1. The zero-order valence-corrected chi connectivity index (χ0v) is 16.7. The van der Waals surface area contributed by atoms with E-state index in [0.717, 1.165) is 24.3 Å². The van der Waals surface area contributed by atoms with E-state index in [1.54, 1.807) is 0 Å². The lowest BCUT2D eigenvalue weighted by atomic mass is 10.1. The molecule has 2 N–H and O–H groups in total. The first-order valence-corrected chi connectivity index (χ1v) is 9.22. The number of hydrogen-bond donors (Lipinski definition) is 2. The lowest BCUT2D eigenvalue weighted by molar-refractivity contribution is 0.0172. The number of hydrogen-bond acceptors (Lipinski definition) is 3. The highest BCUT2D eigenvalue weighted by atomic mass is 35.5. The zero-order valence-electron chi connectivity index (χ0n) is 16.0. The van der Waals surface area contributed by atoms with Gasteiger partial charge in [-0.15, -0.1) is 0 Å². The topological polar surface area (TPSA) is 75.6 Å². The highest BCUT2D eigenvalue weighted by molar-refractivity contribution is 6.32. The van der Waals surface area contributed by atoms with Gasteiger partial charge < -0.3 is 15.2 Å². The maximum absolute atomic E-state index is 13.8. The number of anilines is 1. The fraction of sp³-hybridized carbons (Fsp3) is 0.0909. The first-order valence-electron chi connectivity index (χ1n) is 8.84. The van der Waals surface area contributed by atoms with Crippen LogP contribution >= 0.6 is 11.6 Å². The third-order valence-electron chi connectivity index (χ3n) is 4.24. The van der Waals surface area contributed by atoms with Crippen LogP contribution in [0.2, 0.25) is 5.02 Å². The molecule has 5 nitrogen and oxygen atoms in total. The van der Waals surface area contributed by atoms with Gasteiger partial charge in [0.25, 0.3) is 11.8 Å². The average molecular weight is 450 g/mol. The summed E-state index contributed by atoms with van der Waals surface area (Å²) in [6.07, 6.45) is 0. The van der Waals surface area contributed by atoms with Crippen LogP contribution in [0.3, 0.4) is 0 Å². The van der Waals surface area contributed by atoms with Gasteiger partial charge in [-0.25, -0.2) is 18.0 Å². The number of ether oxygens (including phenoxy) is 1. The van der Waals surface area contributed by atoms with E-state index in [1.165, 1.54) is 36.4 Å². The van der Waals surface area contributed by atoms with E-state index in [-0.39, 0.29) is 33.3 Å². The predicted octanol–water partition coefficient (Wildman–Crippen LogP) is 6.33. The lowest BCUT2D eigenvalue weighted by Crippen LogP contribution is -2.15. The van der Waals surface area contributed by atoms with Gasteiger partial charge in [0, 0.05) is 18.2 Å². The number of carboxylic acid groups (broad SMARTS) is 1. The quantitative estimate of drug-likeness (QED) is 0.461. The molecule has 1 amide bonds. The summed E-state index contributed by atoms with van der Waals surface area (Å²) in [5.74, 6) is -5.88. The van der Waals surface area contributed by atoms with Crippen molar-refractivity contribution in [1.82, 2.24) is 0 Å². The number of aromatic carboxylic acids is 1. The Morgan fingerprint density at radius 2 is 1.68 bits per heavy atom. The molecule has 0 radical (unpaired) electrons. The SMILES string of the molecule is CC(F)(F)c1ccc(C(=O)Nc2ccc(C(=O)O)cc2)c(Oc2ccc(F)cc2Cl)c1. The maximum Gasteiger partial charge on any atom is 0.335 e. The molecular formula is C22H15ClF3NO4. The number of alkyl halides is 2. The summed E-state index contributed by atoms with van der Waals surface area (Å²) in [6, 6.07) is 11.9. The van der Waals surface area contributed by atoms with Gasteiger partial charge in [-0.2, -0.15) is 0 Å². The molecule has 0 spiro atoms. The molecule has 0 saturated heterocycles. The Balaban J connectivity index is 1.95. The van der Waals surface area contributed by atoms with Crippen LogP contribution in [0.5, 0.6) is 11.5 Å². The van der Waals surface area contributed by atoms with Crippen molar-refractivity contribution >= 4 is 29.2 Å². The average Bonchev–Trinajstić information content (AvgIpc) is 2.69. The summed E-state index contributed by atoms with van der Waals surface area (Å²) in [6.45, 7) is 0.695. The maximum atomic E-state index is 13.8. The molecule has 0 fully saturated rings. The van der Waals surface area contributed by atoms with Crippen LogP contribution in [0.4, 0.5) is 18.9 Å². The van der Waals surface area contributed by atoms with Crippen molar-refractivity contribution in [2.45, 2.75) is 12.8 Å². The molecule has 160 valence electrons. The monoisotopic (exact) mass is 449 g/mol. The van der Waals surface area contributed by atoms with Crippen LogP contribution < -0.4 is 10.1 Å². The minimum atomic E-state index is -3.20. The lowest BCUT2D eigenvalue weighted by Gasteiger charge is -2.16. The number of nitrogens with one attached hydrogen (secondary N) is 1. The Kier molecular flexibility index (Phi) is 6.21. The first-order chi connectivity index (χ1) is 14.5. The van der Waals surface area contributed by atoms with Crippen molar-refractivity contribution in [2.24, 2.45) is 0 Å². The van der Waals surface area contributed by atoms with E-state index in [2.05, 4.69) is 5.32 Å². The fourth-order valence-electron chi connectivity index (χ4n) is 2.64. The van der Waals surface area contributed by atoms with E-state index in [0.29, 0.717) is 6.92 Å². The van der Waals surface area contributed by atoms with Crippen LogP contribution in [0.15, 0.2) is 60.7 Å². The minimum absolute atomic E-state index is 0.0282. The summed E-state index contributed by atoms with van der Waals surface area (Å²) in [7, 11) is 0. The smallest absolute Gasteiger partial charge is 0.335 e. The minimum Gasteiger partial charge on any atom is -0.478 e. The molecule has 0 aromatic heterocycles. The van der Waals surface area contributed by atoms with Crippen molar-refractivity contribution in [2.75, 3.05) is 5.32 Å². The molecule has 0 saturated carbocycles. The molecule has 3 rings (SSSR count). The van der Waals surface area contributed by atoms with Crippen molar-refractivity contribution in [3.05, 3.63) is 88.2 Å². The van der Waals surface area contributed by atoms with Crippen LogP contribution in [0.1, 0.15) is 33.2 Å². The normalized spacial score (nSPS) is 11.1. The third kappa shape index (κ3) is 5.35. The number of rotatable bonds is 6. The fourth-order valence-corrected chi connectivity index (χ4v) is 2.84. The van der Waals surface area contributed by atoms with Gasteiger partial charge in [-0.3, -0.25) is 4.79 Å². The Morgan fingerprint density at radius 1 is 1.00 bits per heavy atom. The molecule has 9 heteroatoms. The van der Waals surface area contributed by atoms with Crippen molar-refractivity contribution < 1.29 is 32.6 Å². The summed E-state index contributed by atoms with van der Waals surface area (Å²) in [5, 5.41) is 11.4. The Labute approximate surface area is 180 Å². The summed E-state index contributed by atoms with van der Waals surface area (Å²) in [4.78, 5) is 23.7. The predicted molar refractivity (Wildman–Crippen MR) is 109 cm³/mol. The van der Waals surface area contributed by atoms with Crippen molar-refractivity contribution in [3.8, 4) is 11.5 Å². The molecular weight excluding hydrogens is 435 g/mol. The van der Waals surface area contributed by atoms with Gasteiger partial charge in [0.1, 0.15) is 17.3 Å². The second-order valence-electron chi connectivity index (χ2n) is 6.61. The molecule has 0 heterocycles. The molecule has 0 unspecified atom stereocenters. The second kappa shape index (κ2) is 8.69. The summed E-state index contributed by atoms with van der Waals surface area (Å²) < 4.78 is 46.5. The zero-order chi connectivity index (χ0) is 22.8. The molecule has 0 aliphatic carbocycles. The number of benzene rings is 3. The molecule has 3 aromatic carbocycles. The van der Waals surface area contributed by atoms with Crippen molar-refractivity contribution in [3.63, 3.8) is 0 Å². The first kappa shape index (κ1) is 22.2. The van der Waals surface area contributed by atoms with E-state index in [4.69, 9.17) is 21.4 Å². The third-order valence-corrected chi connectivity index (χ3v) is 4.53. The van der Waals surface area contributed by atoms with E-state index < -0.39 is 29.2 Å². The second-order valence-corrected chi connectivity index (χ2v) is 7.02. The molecule has 0 bridgehead atoms. The summed E-state index contributed by atoms with van der Waals surface area (Å²) in [5.41, 5.74) is -0.174. The van der Waals surface area contributed by atoms with Gasteiger partial charge in [0.15, 0.2) is 0 Å². The van der Waals surface area contributed by atoms with Crippen LogP contribution in [0.25, 0.3) is 0 Å². The van der Waals surface area contributed by atoms with Gasteiger partial charge in [-0.1, -0.05) is 17.7 Å². The van der Waals surface area contributed by atoms with E-state index >= 15 is 0 Å². The molecule has 3 aromatic rings. The Hall–Kier alpha value is -3.52. The number of carboxylic acids is 1. The van der Waals surface area contributed by atoms with E-state index in [1.807, 2.05) is 0 Å². The van der Waals surface area contributed by atoms with Gasteiger partial charge in [0.2, 0.25) is 0 Å². The van der Waals surface area contributed by atoms with Gasteiger partial charge >= 0.3 is 5.97 Å². The highest BCUT2D eigenvalue weighted by Crippen LogP contribution is 2.36. The number of carbonyl (C=O) groups is 2. The molecule has 0 aliphatic heterocycles. The number of amides is 1. The molecule has 0 atom stereocenters. The van der Waals surface area contributed by atoms with Gasteiger partial charge in [0.05, 0.1) is 16.1 Å². The standard InChI is InChI=1S/C22H15ClF3NO4/c1-22(25,26)13-4-8-16(19(10-13)31-18-9-5-14(24)11-17(18)23)20(28)27-15-6-2-12(3-7-15)21(29)30/h2-11H,1H3,(H,27,28)(H,29,30). The highest BCUT2D eigenvalue weighted by Gasteiger charge is 2.27. The Bertz CT molecular complexity index is 1140. The molecule has 31 heavy (non-hydrogen) atoms.